The summed E-state index contributed by atoms with van der Waals surface area (Å²) in [6.45, 7) is 4.07. The summed E-state index contributed by atoms with van der Waals surface area (Å²) in [5.41, 5.74) is 0. The molecule has 384 valence electrons. The standard InChI is InChI=1S/C59H113NO5/c1-3-5-7-9-11-13-15-17-19-21-23-25-27-28-29-31-33-35-37-39-41-43-45-47-49-51-53-57(63)59(65)60-55(54-61)58(64)56(62)52-50-48-46-44-42-40-38-36-34-32-30-26-24-22-20-18-16-14-12-10-8-6-4-2/h28-29,36,38,44,46,55-58,61-64H,3-27,30-35,37,39-43,45,47-54H2,1-2H3,(H,60,65)/b29-28-,38-36+,46-44+. The van der Waals surface area contributed by atoms with Crippen LogP contribution < -0.4 is 5.32 Å². The van der Waals surface area contributed by atoms with Crippen LogP contribution in [0.3, 0.4) is 0 Å². The predicted molar refractivity (Wildman–Crippen MR) is 284 cm³/mol. The molecule has 0 fully saturated rings. The van der Waals surface area contributed by atoms with Crippen molar-refractivity contribution in [3.8, 4) is 0 Å². The zero-order valence-corrected chi connectivity index (χ0v) is 43.5. The van der Waals surface area contributed by atoms with Crippen molar-refractivity contribution in [2.45, 2.75) is 327 Å². The van der Waals surface area contributed by atoms with Crippen molar-refractivity contribution in [1.29, 1.82) is 0 Å². The molecular formula is C59H113NO5. The Morgan fingerprint density at radius 1 is 0.369 bits per heavy atom. The van der Waals surface area contributed by atoms with Crippen LogP contribution in [0.5, 0.6) is 0 Å². The van der Waals surface area contributed by atoms with Gasteiger partial charge in [0, 0.05) is 0 Å². The van der Waals surface area contributed by atoms with Crippen LogP contribution >= 0.6 is 0 Å². The largest absolute Gasteiger partial charge is 0.394 e. The van der Waals surface area contributed by atoms with Crippen LogP contribution in [0.4, 0.5) is 0 Å². The summed E-state index contributed by atoms with van der Waals surface area (Å²) < 4.78 is 0. The van der Waals surface area contributed by atoms with Crippen molar-refractivity contribution in [2.75, 3.05) is 6.61 Å². The second-order valence-corrected chi connectivity index (χ2v) is 20.0. The number of aliphatic hydroxyl groups is 4. The maximum atomic E-state index is 12.6. The van der Waals surface area contributed by atoms with E-state index in [1.54, 1.807) is 0 Å². The SMILES string of the molecule is CCCCCCCCCCCCCC/C=C\CCCCCCCCCCCCC(O)C(=O)NC(CO)C(O)C(O)CCC/C=C/CC/C=C/CCCCCCCCCCCCCCCC. The molecule has 0 aliphatic carbocycles. The van der Waals surface area contributed by atoms with Crippen LogP contribution in [0, 0.1) is 0 Å². The second-order valence-electron chi connectivity index (χ2n) is 20.0. The minimum absolute atomic E-state index is 0.359. The number of aliphatic hydroxyl groups excluding tert-OH is 4. The van der Waals surface area contributed by atoms with Crippen LogP contribution in [0.25, 0.3) is 0 Å². The van der Waals surface area contributed by atoms with E-state index in [1.165, 1.54) is 231 Å². The zero-order valence-electron chi connectivity index (χ0n) is 43.5. The predicted octanol–water partition coefficient (Wildman–Crippen LogP) is 16.8. The topological polar surface area (TPSA) is 110 Å². The van der Waals surface area contributed by atoms with Gasteiger partial charge in [0.05, 0.1) is 18.8 Å². The number of hydrogen-bond donors (Lipinski definition) is 5. The van der Waals surface area contributed by atoms with Gasteiger partial charge in [0.1, 0.15) is 12.2 Å². The molecule has 4 unspecified atom stereocenters. The summed E-state index contributed by atoms with van der Waals surface area (Å²) in [7, 11) is 0. The van der Waals surface area contributed by atoms with Gasteiger partial charge in [-0.3, -0.25) is 4.79 Å². The average molecular weight is 917 g/mol. The lowest BCUT2D eigenvalue weighted by atomic mass is 10.00. The second kappa shape index (κ2) is 53.5. The monoisotopic (exact) mass is 916 g/mol. The molecule has 0 aromatic carbocycles. The van der Waals surface area contributed by atoms with E-state index in [9.17, 15) is 25.2 Å². The quantitative estimate of drug-likeness (QED) is 0.0308. The smallest absolute Gasteiger partial charge is 0.249 e. The van der Waals surface area contributed by atoms with E-state index in [1.807, 2.05) is 0 Å². The van der Waals surface area contributed by atoms with Crippen LogP contribution in [0.1, 0.15) is 303 Å². The molecule has 0 aromatic rings. The van der Waals surface area contributed by atoms with Gasteiger partial charge >= 0.3 is 0 Å². The Morgan fingerprint density at radius 2 is 0.646 bits per heavy atom. The maximum absolute atomic E-state index is 12.6. The fourth-order valence-corrected chi connectivity index (χ4v) is 9.01. The molecule has 6 nitrogen and oxygen atoms in total. The van der Waals surface area contributed by atoms with Gasteiger partial charge < -0.3 is 25.7 Å². The van der Waals surface area contributed by atoms with Gasteiger partial charge in [0.15, 0.2) is 0 Å². The first-order valence-corrected chi connectivity index (χ1v) is 28.9. The summed E-state index contributed by atoms with van der Waals surface area (Å²) in [5, 5.41) is 44.0. The van der Waals surface area contributed by atoms with Crippen LogP contribution in [0.15, 0.2) is 36.5 Å². The third-order valence-corrected chi connectivity index (χ3v) is 13.6. The van der Waals surface area contributed by atoms with Gasteiger partial charge in [0.25, 0.3) is 0 Å². The van der Waals surface area contributed by atoms with Gasteiger partial charge in [-0.1, -0.05) is 262 Å². The Bertz CT molecular complexity index is 1030. The minimum atomic E-state index is -1.29. The average Bonchev–Trinajstić information content (AvgIpc) is 3.31. The molecule has 4 atom stereocenters. The van der Waals surface area contributed by atoms with E-state index in [0.29, 0.717) is 19.3 Å². The molecule has 0 spiro atoms. The lowest BCUT2D eigenvalue weighted by Crippen LogP contribution is -2.53. The van der Waals surface area contributed by atoms with Crippen molar-refractivity contribution in [2.24, 2.45) is 0 Å². The molecule has 0 aliphatic heterocycles. The fraction of sp³-hybridized carbons (Fsp3) is 0.881. The highest BCUT2D eigenvalue weighted by Crippen LogP contribution is 2.17. The fourth-order valence-electron chi connectivity index (χ4n) is 9.01. The number of carbonyl (C=O) groups excluding carboxylic acids is 1. The van der Waals surface area contributed by atoms with Gasteiger partial charge in [-0.05, 0) is 77.0 Å². The van der Waals surface area contributed by atoms with E-state index in [0.717, 1.165) is 38.5 Å². The van der Waals surface area contributed by atoms with Gasteiger partial charge in [-0.15, -0.1) is 0 Å². The molecule has 0 aliphatic rings. The molecule has 5 N–H and O–H groups in total. The first-order valence-electron chi connectivity index (χ1n) is 28.9. The molecular weight excluding hydrogens is 803 g/mol. The Kier molecular flexibility index (Phi) is 52.3. The van der Waals surface area contributed by atoms with Crippen molar-refractivity contribution >= 4 is 5.91 Å². The van der Waals surface area contributed by atoms with Crippen LogP contribution in [-0.4, -0.2) is 57.3 Å². The normalized spacial score (nSPS) is 14.0. The number of allylic oxidation sites excluding steroid dienone is 6. The number of carbonyl (C=O) groups is 1. The molecule has 0 bridgehead atoms. The molecule has 0 saturated heterocycles. The molecule has 0 rings (SSSR count). The van der Waals surface area contributed by atoms with Crippen molar-refractivity contribution < 1.29 is 25.2 Å². The summed E-state index contributed by atoms with van der Waals surface area (Å²) >= 11 is 0. The molecule has 65 heavy (non-hydrogen) atoms. The maximum Gasteiger partial charge on any atom is 0.249 e. The molecule has 0 saturated carbocycles. The summed E-state index contributed by atoms with van der Waals surface area (Å²) in [6, 6.07) is -1.01. The van der Waals surface area contributed by atoms with Crippen LogP contribution in [0.2, 0.25) is 0 Å². The number of rotatable bonds is 53. The lowest BCUT2D eigenvalue weighted by molar-refractivity contribution is -0.132. The van der Waals surface area contributed by atoms with Crippen molar-refractivity contribution in [3.05, 3.63) is 36.5 Å². The molecule has 0 heterocycles. The molecule has 1 amide bonds. The zero-order chi connectivity index (χ0) is 47.4. The number of nitrogens with one attached hydrogen (secondary N) is 1. The first-order chi connectivity index (χ1) is 32.0. The Morgan fingerprint density at radius 3 is 0.969 bits per heavy atom. The van der Waals surface area contributed by atoms with E-state index >= 15 is 0 Å². The van der Waals surface area contributed by atoms with E-state index in [2.05, 4.69) is 55.6 Å². The van der Waals surface area contributed by atoms with E-state index in [-0.39, 0.29) is 0 Å². The lowest BCUT2D eigenvalue weighted by Gasteiger charge is -2.27. The number of hydrogen-bond acceptors (Lipinski definition) is 5. The van der Waals surface area contributed by atoms with Crippen molar-refractivity contribution in [3.63, 3.8) is 0 Å². The summed E-state index contributed by atoms with van der Waals surface area (Å²) in [4.78, 5) is 12.6. The Balaban J connectivity index is 3.68. The molecule has 6 heteroatoms. The number of amides is 1. The highest BCUT2D eigenvalue weighted by molar-refractivity contribution is 5.80. The van der Waals surface area contributed by atoms with Gasteiger partial charge in [-0.2, -0.15) is 0 Å². The van der Waals surface area contributed by atoms with Gasteiger partial charge in [0.2, 0.25) is 5.91 Å². The van der Waals surface area contributed by atoms with Gasteiger partial charge in [-0.25, -0.2) is 0 Å². The Hall–Kier alpha value is -1.47. The van der Waals surface area contributed by atoms with Crippen LogP contribution in [-0.2, 0) is 4.79 Å². The molecule has 0 radical (unpaired) electrons. The highest BCUT2D eigenvalue weighted by atomic mass is 16.3. The van der Waals surface area contributed by atoms with E-state index < -0.39 is 36.9 Å². The summed E-state index contributed by atoms with van der Waals surface area (Å²) in [6.07, 6.45) is 66.5. The summed E-state index contributed by atoms with van der Waals surface area (Å²) in [5.74, 6) is -0.595. The van der Waals surface area contributed by atoms with Crippen molar-refractivity contribution in [1.82, 2.24) is 5.32 Å². The third-order valence-electron chi connectivity index (χ3n) is 13.6. The first kappa shape index (κ1) is 63.5. The minimum Gasteiger partial charge on any atom is -0.394 e. The third kappa shape index (κ3) is 47.4. The highest BCUT2D eigenvalue weighted by Gasteiger charge is 2.28. The molecule has 0 aromatic heterocycles. The number of unbranched alkanes of at least 4 members (excludes halogenated alkanes) is 38. The van der Waals surface area contributed by atoms with E-state index in [4.69, 9.17) is 0 Å². The Labute approximate surface area is 405 Å².